The molecule has 1 aliphatic rings. The van der Waals surface area contributed by atoms with Gasteiger partial charge in [-0.3, -0.25) is 19.3 Å². The second-order valence-corrected chi connectivity index (χ2v) is 5.08. The van der Waals surface area contributed by atoms with Gasteiger partial charge in [-0.05, 0) is 24.3 Å². The number of amides is 3. The molecule has 1 aromatic carbocycles. The summed E-state index contributed by atoms with van der Waals surface area (Å²) < 4.78 is 0. The number of hydrogen-bond acceptors (Lipinski definition) is 4. The van der Waals surface area contributed by atoms with E-state index in [4.69, 9.17) is 5.26 Å². The summed E-state index contributed by atoms with van der Waals surface area (Å²) in [6, 6.07) is 8.31. The zero-order chi connectivity index (χ0) is 15.6. The van der Waals surface area contributed by atoms with Crippen molar-refractivity contribution in [3.8, 4) is 6.07 Å². The van der Waals surface area contributed by atoms with E-state index in [0.717, 1.165) is 4.90 Å². The molecule has 2 rings (SSSR count). The molecule has 0 spiro atoms. The Balaban J connectivity index is 2.00. The molecule has 0 saturated carbocycles. The minimum atomic E-state index is -0.442. The number of nitrogens with zero attached hydrogens (tertiary/aromatic N) is 2. The van der Waals surface area contributed by atoms with Crippen molar-refractivity contribution in [1.29, 1.82) is 5.26 Å². The van der Waals surface area contributed by atoms with Gasteiger partial charge >= 0.3 is 0 Å². The Morgan fingerprint density at radius 1 is 1.19 bits per heavy atom. The lowest BCUT2D eigenvalue weighted by Crippen LogP contribution is -2.38. The van der Waals surface area contributed by atoms with Gasteiger partial charge in [0.25, 0.3) is 0 Å². The standard InChI is InChI=1S/C15H15N3O3/c1-9-10(2)15(21)18(14(9)20)8-13(19)17-12-5-3-11(7-16)4-6-12/h3-6,9-10H,8H2,1-2H3,(H,17,19). The van der Waals surface area contributed by atoms with Crippen LogP contribution in [0.5, 0.6) is 0 Å². The highest BCUT2D eigenvalue weighted by molar-refractivity contribution is 6.08. The fraction of sp³-hybridized carbons (Fsp3) is 0.333. The Morgan fingerprint density at radius 2 is 1.71 bits per heavy atom. The van der Waals surface area contributed by atoms with E-state index in [1.54, 1.807) is 38.1 Å². The van der Waals surface area contributed by atoms with E-state index in [0.29, 0.717) is 11.3 Å². The second-order valence-electron chi connectivity index (χ2n) is 5.08. The smallest absolute Gasteiger partial charge is 0.244 e. The van der Waals surface area contributed by atoms with Gasteiger partial charge in [-0.25, -0.2) is 0 Å². The highest BCUT2D eigenvalue weighted by Gasteiger charge is 2.42. The Kier molecular flexibility index (Phi) is 4.03. The lowest BCUT2D eigenvalue weighted by atomic mass is 10.00. The maximum Gasteiger partial charge on any atom is 0.244 e. The molecule has 6 nitrogen and oxygen atoms in total. The van der Waals surface area contributed by atoms with Gasteiger partial charge < -0.3 is 5.32 Å². The van der Waals surface area contributed by atoms with Crippen LogP contribution >= 0.6 is 0 Å². The largest absolute Gasteiger partial charge is 0.325 e. The summed E-state index contributed by atoms with van der Waals surface area (Å²) in [5.74, 6) is -1.85. The van der Waals surface area contributed by atoms with Crippen LogP contribution in [0.4, 0.5) is 5.69 Å². The number of rotatable bonds is 3. The van der Waals surface area contributed by atoms with E-state index >= 15 is 0 Å². The van der Waals surface area contributed by atoms with Gasteiger partial charge in [0.05, 0.1) is 11.6 Å². The molecular weight excluding hydrogens is 270 g/mol. The van der Waals surface area contributed by atoms with E-state index in [1.807, 2.05) is 6.07 Å². The Labute approximate surface area is 122 Å². The quantitative estimate of drug-likeness (QED) is 0.843. The third-order valence-electron chi connectivity index (χ3n) is 3.66. The number of imide groups is 1. The van der Waals surface area contributed by atoms with E-state index in [9.17, 15) is 14.4 Å². The van der Waals surface area contributed by atoms with Crippen molar-refractivity contribution in [3.05, 3.63) is 29.8 Å². The molecular formula is C15H15N3O3. The van der Waals surface area contributed by atoms with Gasteiger partial charge in [0.15, 0.2) is 0 Å². The van der Waals surface area contributed by atoms with Gasteiger partial charge in [0, 0.05) is 17.5 Å². The van der Waals surface area contributed by atoms with Crippen LogP contribution in [0.15, 0.2) is 24.3 Å². The summed E-state index contributed by atoms with van der Waals surface area (Å²) in [7, 11) is 0. The monoisotopic (exact) mass is 285 g/mol. The predicted molar refractivity (Wildman–Crippen MR) is 74.8 cm³/mol. The molecule has 2 atom stereocenters. The third-order valence-corrected chi connectivity index (χ3v) is 3.66. The lowest BCUT2D eigenvalue weighted by Gasteiger charge is -2.14. The van der Waals surface area contributed by atoms with Gasteiger partial charge in [-0.2, -0.15) is 5.26 Å². The molecule has 2 unspecified atom stereocenters. The van der Waals surface area contributed by atoms with Crippen molar-refractivity contribution in [3.63, 3.8) is 0 Å². The average molecular weight is 285 g/mol. The summed E-state index contributed by atoms with van der Waals surface area (Å²) in [6.07, 6.45) is 0. The molecule has 0 radical (unpaired) electrons. The molecule has 1 N–H and O–H groups in total. The number of benzene rings is 1. The molecule has 0 aliphatic carbocycles. The number of likely N-dealkylation sites (tertiary alicyclic amines) is 1. The Hall–Kier alpha value is -2.68. The Morgan fingerprint density at radius 3 is 2.19 bits per heavy atom. The topological polar surface area (TPSA) is 90.3 Å². The lowest BCUT2D eigenvalue weighted by molar-refractivity contribution is -0.142. The van der Waals surface area contributed by atoms with Crippen molar-refractivity contribution < 1.29 is 14.4 Å². The molecule has 3 amide bonds. The van der Waals surface area contributed by atoms with Crippen LogP contribution in [-0.4, -0.2) is 29.2 Å². The molecule has 1 fully saturated rings. The predicted octanol–water partition coefficient (Wildman–Crippen LogP) is 1.14. The van der Waals surface area contributed by atoms with Crippen molar-refractivity contribution in [1.82, 2.24) is 4.90 Å². The molecule has 1 aliphatic heterocycles. The van der Waals surface area contributed by atoms with Crippen LogP contribution < -0.4 is 5.32 Å². The number of carbonyl (C=O) groups is 3. The maximum absolute atomic E-state index is 11.9. The zero-order valence-electron chi connectivity index (χ0n) is 11.8. The molecule has 0 bridgehead atoms. The average Bonchev–Trinajstić information content (AvgIpc) is 2.66. The van der Waals surface area contributed by atoms with Gasteiger partial charge in [0.2, 0.25) is 17.7 Å². The maximum atomic E-state index is 11.9. The van der Waals surface area contributed by atoms with Crippen molar-refractivity contribution in [2.75, 3.05) is 11.9 Å². The highest BCUT2D eigenvalue weighted by atomic mass is 16.2. The number of anilines is 1. The first-order chi connectivity index (χ1) is 9.93. The van der Waals surface area contributed by atoms with E-state index in [1.165, 1.54) is 0 Å². The number of nitrogens with one attached hydrogen (secondary N) is 1. The summed E-state index contributed by atoms with van der Waals surface area (Å²) in [5, 5.41) is 11.3. The van der Waals surface area contributed by atoms with Crippen LogP contribution in [0.3, 0.4) is 0 Å². The molecule has 1 aromatic rings. The zero-order valence-corrected chi connectivity index (χ0v) is 11.8. The van der Waals surface area contributed by atoms with Gasteiger partial charge in [-0.1, -0.05) is 13.8 Å². The molecule has 6 heteroatoms. The number of nitriles is 1. The number of hydrogen-bond donors (Lipinski definition) is 1. The molecule has 1 heterocycles. The van der Waals surface area contributed by atoms with Gasteiger partial charge in [-0.15, -0.1) is 0 Å². The SMILES string of the molecule is CC1C(=O)N(CC(=O)Nc2ccc(C#N)cc2)C(=O)C1C. The van der Waals surface area contributed by atoms with Crippen LogP contribution in [0.25, 0.3) is 0 Å². The molecule has 108 valence electrons. The highest BCUT2D eigenvalue weighted by Crippen LogP contribution is 2.25. The normalized spacial score (nSPS) is 21.3. The first-order valence-corrected chi connectivity index (χ1v) is 6.59. The second kappa shape index (κ2) is 5.75. The Bertz CT molecular complexity index is 611. The van der Waals surface area contributed by atoms with Crippen LogP contribution in [0.2, 0.25) is 0 Å². The summed E-state index contributed by atoms with van der Waals surface area (Å²) in [4.78, 5) is 36.7. The molecule has 0 aromatic heterocycles. The number of carbonyl (C=O) groups excluding carboxylic acids is 3. The van der Waals surface area contributed by atoms with Crippen LogP contribution in [-0.2, 0) is 14.4 Å². The van der Waals surface area contributed by atoms with Crippen molar-refractivity contribution >= 4 is 23.4 Å². The first-order valence-electron chi connectivity index (χ1n) is 6.59. The molecule has 21 heavy (non-hydrogen) atoms. The van der Waals surface area contributed by atoms with E-state index in [2.05, 4.69) is 5.32 Å². The van der Waals surface area contributed by atoms with Gasteiger partial charge in [0.1, 0.15) is 6.54 Å². The van der Waals surface area contributed by atoms with Crippen molar-refractivity contribution in [2.45, 2.75) is 13.8 Å². The van der Waals surface area contributed by atoms with E-state index in [-0.39, 0.29) is 30.2 Å². The molecule has 1 saturated heterocycles. The minimum Gasteiger partial charge on any atom is -0.325 e. The summed E-state index contributed by atoms with van der Waals surface area (Å²) in [5.41, 5.74) is 1.000. The fourth-order valence-electron chi connectivity index (χ4n) is 2.16. The van der Waals surface area contributed by atoms with E-state index < -0.39 is 5.91 Å². The first kappa shape index (κ1) is 14.7. The third kappa shape index (κ3) is 2.92. The van der Waals surface area contributed by atoms with Crippen LogP contribution in [0.1, 0.15) is 19.4 Å². The summed E-state index contributed by atoms with van der Waals surface area (Å²) in [6.45, 7) is 3.08. The van der Waals surface area contributed by atoms with Crippen LogP contribution in [0, 0.1) is 23.2 Å². The minimum absolute atomic E-state index is 0.285. The van der Waals surface area contributed by atoms with Crippen molar-refractivity contribution in [2.24, 2.45) is 11.8 Å². The summed E-state index contributed by atoms with van der Waals surface area (Å²) >= 11 is 0. The fourth-order valence-corrected chi connectivity index (χ4v) is 2.16.